The summed E-state index contributed by atoms with van der Waals surface area (Å²) in [5, 5.41) is 11.5. The van der Waals surface area contributed by atoms with Crippen LogP contribution in [0.1, 0.15) is 30.9 Å². The lowest BCUT2D eigenvalue weighted by atomic mass is 9.82. The summed E-state index contributed by atoms with van der Waals surface area (Å²) in [4.78, 5) is 46.3. The lowest BCUT2D eigenvalue weighted by molar-refractivity contribution is -0.143. The number of ketones is 1. The van der Waals surface area contributed by atoms with Crippen molar-refractivity contribution in [1.82, 2.24) is 9.80 Å². The third-order valence-electron chi connectivity index (χ3n) is 6.74. The number of hydrogen-bond donors (Lipinski definition) is 1. The zero-order valence-electron chi connectivity index (χ0n) is 21.6. The first-order chi connectivity index (χ1) is 17.8. The van der Waals surface area contributed by atoms with Crippen LogP contribution >= 0.6 is 0 Å². The summed E-state index contributed by atoms with van der Waals surface area (Å²) >= 11 is 0. The van der Waals surface area contributed by atoms with Crippen LogP contribution in [0.5, 0.6) is 5.75 Å². The molecule has 1 fully saturated rings. The van der Waals surface area contributed by atoms with Crippen molar-refractivity contribution in [3.8, 4) is 5.75 Å². The van der Waals surface area contributed by atoms with Crippen molar-refractivity contribution in [1.29, 1.82) is 0 Å². The number of anilines is 1. The Morgan fingerprint density at radius 3 is 2.43 bits per heavy atom. The Hall–Kier alpha value is -3.91. The van der Waals surface area contributed by atoms with Crippen molar-refractivity contribution in [3.63, 3.8) is 0 Å². The fraction of sp³-hybridized carbons (Fsp3) is 0.345. The van der Waals surface area contributed by atoms with Gasteiger partial charge in [-0.1, -0.05) is 37.8 Å². The molecule has 2 amide bonds. The molecular formula is C29H33N3O5. The minimum Gasteiger partial charge on any atom is -0.507 e. The zero-order chi connectivity index (χ0) is 26.7. The first-order valence-electron chi connectivity index (χ1n) is 12.5. The van der Waals surface area contributed by atoms with E-state index in [1.807, 2.05) is 38.1 Å². The molecule has 4 rings (SSSR count). The molecule has 1 spiro atoms. The summed E-state index contributed by atoms with van der Waals surface area (Å²) in [5.74, 6) is -1.87. The van der Waals surface area contributed by atoms with Crippen molar-refractivity contribution in [2.45, 2.75) is 25.3 Å². The summed E-state index contributed by atoms with van der Waals surface area (Å²) in [5.41, 5.74) is -0.430. The minimum atomic E-state index is -1.73. The second-order valence-electron chi connectivity index (χ2n) is 9.47. The third-order valence-corrected chi connectivity index (χ3v) is 6.74. The van der Waals surface area contributed by atoms with Crippen LogP contribution in [0.25, 0.3) is 5.76 Å². The molecule has 2 aliphatic heterocycles. The molecule has 0 unspecified atom stereocenters. The van der Waals surface area contributed by atoms with E-state index in [4.69, 9.17) is 4.74 Å². The number of rotatable bonds is 10. The summed E-state index contributed by atoms with van der Waals surface area (Å²) in [6.07, 6.45) is 2.87. The largest absolute Gasteiger partial charge is 0.507 e. The molecule has 0 aliphatic carbocycles. The molecule has 0 saturated carbocycles. The molecule has 0 bridgehead atoms. The number of para-hydroxylation sites is 1. The van der Waals surface area contributed by atoms with E-state index in [0.717, 1.165) is 0 Å². The number of amides is 2. The van der Waals surface area contributed by atoms with E-state index in [2.05, 4.69) is 6.58 Å². The molecule has 2 aliphatic rings. The van der Waals surface area contributed by atoms with Crippen molar-refractivity contribution in [2.24, 2.45) is 0 Å². The van der Waals surface area contributed by atoms with Gasteiger partial charge in [0.2, 0.25) is 0 Å². The van der Waals surface area contributed by atoms with Gasteiger partial charge >= 0.3 is 0 Å². The second kappa shape index (κ2) is 10.6. The monoisotopic (exact) mass is 503 g/mol. The molecule has 1 saturated heterocycles. The van der Waals surface area contributed by atoms with Crippen molar-refractivity contribution >= 4 is 29.0 Å². The van der Waals surface area contributed by atoms with Crippen molar-refractivity contribution in [2.75, 3.05) is 45.2 Å². The summed E-state index contributed by atoms with van der Waals surface area (Å²) in [6, 6.07) is 13.7. The number of benzene rings is 2. The van der Waals surface area contributed by atoms with Gasteiger partial charge in [0.1, 0.15) is 18.1 Å². The van der Waals surface area contributed by atoms with Crippen LogP contribution in [0.4, 0.5) is 5.69 Å². The Balaban J connectivity index is 1.92. The van der Waals surface area contributed by atoms with Gasteiger partial charge in [0.15, 0.2) is 5.54 Å². The van der Waals surface area contributed by atoms with E-state index in [-0.39, 0.29) is 17.9 Å². The number of carbonyl (C=O) groups is 3. The minimum absolute atomic E-state index is 0.188. The predicted molar refractivity (Wildman–Crippen MR) is 142 cm³/mol. The lowest BCUT2D eigenvalue weighted by Gasteiger charge is -2.34. The van der Waals surface area contributed by atoms with Gasteiger partial charge in [-0.05, 0) is 63.8 Å². The van der Waals surface area contributed by atoms with Crippen LogP contribution in [0.15, 0.2) is 66.8 Å². The highest BCUT2D eigenvalue weighted by molar-refractivity contribution is 6.50. The smallest absolute Gasteiger partial charge is 0.296 e. The normalized spacial score (nSPS) is 20.3. The summed E-state index contributed by atoms with van der Waals surface area (Å²) < 4.78 is 5.52. The van der Waals surface area contributed by atoms with Gasteiger partial charge in [-0.15, -0.1) is 0 Å². The molecule has 37 heavy (non-hydrogen) atoms. The number of carbonyl (C=O) groups excluding carboxylic acids is 3. The molecule has 194 valence electrons. The van der Waals surface area contributed by atoms with Gasteiger partial charge in [0.05, 0.1) is 11.3 Å². The SMILES string of the molecule is C=CCOc1ccc(C(O)=C2C(=O)C(=O)N(CCCN(C)C)[C@@]23C(=O)N(CCC)c2ccccc23)cc1. The topological polar surface area (TPSA) is 90.4 Å². The third kappa shape index (κ3) is 4.31. The van der Waals surface area contributed by atoms with Crippen LogP contribution in [-0.2, 0) is 19.9 Å². The molecule has 2 aromatic rings. The number of nitrogens with zero attached hydrogens (tertiary/aromatic N) is 3. The van der Waals surface area contributed by atoms with Gasteiger partial charge in [0, 0.05) is 24.2 Å². The molecule has 0 radical (unpaired) electrons. The number of fused-ring (bicyclic) bond motifs is 2. The number of aliphatic hydroxyl groups is 1. The lowest BCUT2D eigenvalue weighted by Crippen LogP contribution is -2.52. The van der Waals surface area contributed by atoms with Gasteiger partial charge in [-0.3, -0.25) is 14.4 Å². The van der Waals surface area contributed by atoms with Crippen LogP contribution in [0, 0.1) is 0 Å². The average Bonchev–Trinajstić information content (AvgIpc) is 3.26. The number of ether oxygens (including phenoxy) is 1. The highest BCUT2D eigenvalue weighted by Gasteiger charge is 2.66. The number of likely N-dealkylation sites (tertiary alicyclic amines) is 1. The van der Waals surface area contributed by atoms with Gasteiger partial charge < -0.3 is 24.5 Å². The van der Waals surface area contributed by atoms with E-state index in [1.54, 1.807) is 47.4 Å². The van der Waals surface area contributed by atoms with E-state index < -0.39 is 23.1 Å². The van der Waals surface area contributed by atoms with E-state index in [0.29, 0.717) is 55.1 Å². The quantitative estimate of drug-likeness (QED) is 0.231. The Labute approximate surface area is 217 Å². The second-order valence-corrected chi connectivity index (χ2v) is 9.47. The van der Waals surface area contributed by atoms with Crippen molar-refractivity contribution in [3.05, 3.63) is 77.9 Å². The fourth-order valence-electron chi connectivity index (χ4n) is 5.17. The maximum Gasteiger partial charge on any atom is 0.296 e. The Kier molecular flexibility index (Phi) is 7.50. The molecular weight excluding hydrogens is 470 g/mol. The van der Waals surface area contributed by atoms with Crippen molar-refractivity contribution < 1.29 is 24.2 Å². The molecule has 2 heterocycles. The molecule has 0 aromatic heterocycles. The van der Waals surface area contributed by atoms with E-state index in [9.17, 15) is 19.5 Å². The number of aliphatic hydroxyl groups excluding tert-OH is 1. The maximum atomic E-state index is 14.3. The highest BCUT2D eigenvalue weighted by atomic mass is 16.5. The molecule has 1 atom stereocenters. The first kappa shape index (κ1) is 26.2. The molecule has 8 heteroatoms. The first-order valence-corrected chi connectivity index (χ1v) is 12.5. The summed E-state index contributed by atoms with van der Waals surface area (Å²) in [7, 11) is 3.84. The van der Waals surface area contributed by atoms with Gasteiger partial charge in [-0.25, -0.2) is 0 Å². The van der Waals surface area contributed by atoms with Crippen LogP contribution in [0.3, 0.4) is 0 Å². The molecule has 1 N–H and O–H groups in total. The Morgan fingerprint density at radius 1 is 1.08 bits per heavy atom. The molecule has 2 aromatic carbocycles. The van der Waals surface area contributed by atoms with E-state index in [1.165, 1.54) is 4.90 Å². The fourth-order valence-corrected chi connectivity index (χ4v) is 5.17. The summed E-state index contributed by atoms with van der Waals surface area (Å²) in [6.45, 7) is 7.19. The number of Topliss-reactive ketones (excluding diaryl/α,β-unsaturated/α-hetero) is 1. The Morgan fingerprint density at radius 2 is 1.78 bits per heavy atom. The standard InChI is InChI=1S/C29H33N3O5/c1-5-16-31-23-11-8-7-10-22(23)29(28(31)36)24(26(34)27(35)32(29)18-9-17-30(3)4)25(33)20-12-14-21(15-13-20)37-19-6-2/h6-8,10-15,33H,2,5,9,16-19H2,1,3-4H3/t29-/m1/s1. The maximum absolute atomic E-state index is 14.3. The Bertz CT molecular complexity index is 1250. The van der Waals surface area contributed by atoms with E-state index >= 15 is 0 Å². The van der Waals surface area contributed by atoms with Gasteiger partial charge in [-0.2, -0.15) is 0 Å². The van der Waals surface area contributed by atoms with Crippen LogP contribution in [0.2, 0.25) is 0 Å². The zero-order valence-corrected chi connectivity index (χ0v) is 21.6. The average molecular weight is 504 g/mol. The van der Waals surface area contributed by atoms with Crippen LogP contribution < -0.4 is 9.64 Å². The highest BCUT2D eigenvalue weighted by Crippen LogP contribution is 2.53. The molecule has 8 nitrogen and oxygen atoms in total. The van der Waals surface area contributed by atoms with Crippen LogP contribution in [-0.4, -0.2) is 72.8 Å². The van der Waals surface area contributed by atoms with Gasteiger partial charge in [0.25, 0.3) is 17.6 Å². The predicted octanol–water partition coefficient (Wildman–Crippen LogP) is 3.54. The number of hydrogen-bond acceptors (Lipinski definition) is 6.